The lowest BCUT2D eigenvalue weighted by Gasteiger charge is -2.17. The van der Waals surface area contributed by atoms with Crippen molar-refractivity contribution >= 4 is 28.7 Å². The number of rotatable bonds is 7. The van der Waals surface area contributed by atoms with Crippen LogP contribution >= 0.6 is 11.3 Å². The van der Waals surface area contributed by atoms with E-state index in [-0.39, 0.29) is 12.2 Å². The summed E-state index contributed by atoms with van der Waals surface area (Å²) in [6.07, 6.45) is 0.704. The van der Waals surface area contributed by atoms with E-state index in [0.717, 1.165) is 16.7 Å². The van der Waals surface area contributed by atoms with Gasteiger partial charge in [0.1, 0.15) is 23.2 Å². The van der Waals surface area contributed by atoms with Crippen LogP contribution in [0.4, 0.5) is 9.52 Å². The first kappa shape index (κ1) is 20.6. The van der Waals surface area contributed by atoms with E-state index < -0.39 is 11.7 Å². The molecule has 0 fully saturated rings. The normalized spacial score (nSPS) is 10.6. The van der Waals surface area contributed by atoms with Gasteiger partial charge in [0.15, 0.2) is 6.29 Å². The summed E-state index contributed by atoms with van der Waals surface area (Å²) < 4.78 is 19.5. The maximum absolute atomic E-state index is 14.0. The van der Waals surface area contributed by atoms with Gasteiger partial charge in [0.25, 0.3) is 5.91 Å². The van der Waals surface area contributed by atoms with Crippen LogP contribution in [0.15, 0.2) is 36.4 Å². The van der Waals surface area contributed by atoms with E-state index >= 15 is 0 Å². The number of hydrogen-bond acceptors (Lipinski definition) is 6. The molecule has 0 bridgehead atoms. The van der Waals surface area contributed by atoms with Crippen molar-refractivity contribution in [2.24, 2.45) is 0 Å². The van der Waals surface area contributed by atoms with Crippen LogP contribution in [-0.4, -0.2) is 35.5 Å². The van der Waals surface area contributed by atoms with Gasteiger partial charge in [-0.3, -0.25) is 14.5 Å². The van der Waals surface area contributed by atoms with Gasteiger partial charge in [0, 0.05) is 12.1 Å². The topological polar surface area (TPSA) is 72.4 Å². The molecule has 0 atom stereocenters. The molecule has 0 unspecified atom stereocenters. The summed E-state index contributed by atoms with van der Waals surface area (Å²) in [5, 5.41) is 9.38. The fourth-order valence-electron chi connectivity index (χ4n) is 3.01. The molecule has 1 heterocycles. The van der Waals surface area contributed by atoms with E-state index in [2.05, 4.69) is 10.2 Å². The predicted molar refractivity (Wildman–Crippen MR) is 110 cm³/mol. The Hall–Kier alpha value is -3.13. The highest BCUT2D eigenvalue weighted by atomic mass is 32.1. The Kier molecular flexibility index (Phi) is 6.33. The highest BCUT2D eigenvalue weighted by Gasteiger charge is 2.23. The minimum Gasteiger partial charge on any atom is -0.486 e. The Morgan fingerprint density at radius 2 is 1.90 bits per heavy atom. The first-order chi connectivity index (χ1) is 14.0. The molecule has 0 aliphatic heterocycles. The summed E-state index contributed by atoms with van der Waals surface area (Å²) >= 11 is 1.25. The summed E-state index contributed by atoms with van der Waals surface area (Å²) in [5.41, 5.74) is 2.56. The van der Waals surface area contributed by atoms with E-state index in [9.17, 15) is 14.0 Å². The number of carbonyl (C=O) groups excluding carboxylic acids is 2. The Labute approximate surface area is 172 Å². The maximum atomic E-state index is 14.0. The van der Waals surface area contributed by atoms with Crippen molar-refractivity contribution in [2.75, 3.05) is 18.1 Å². The summed E-state index contributed by atoms with van der Waals surface area (Å²) in [5.74, 6) is -0.369. The van der Waals surface area contributed by atoms with Crippen molar-refractivity contribution in [3.63, 3.8) is 0 Å². The number of benzene rings is 2. The van der Waals surface area contributed by atoms with E-state index in [1.165, 1.54) is 28.4 Å². The SMILES string of the molecule is CCN(C(=O)c1ccccc1F)c1nnc(-c2cc(C)c(OCC=O)c(C)c2)s1. The lowest BCUT2D eigenvalue weighted by atomic mass is 10.1. The number of anilines is 1. The number of aryl methyl sites for hydroxylation is 2. The van der Waals surface area contributed by atoms with E-state index in [4.69, 9.17) is 4.74 Å². The lowest BCUT2D eigenvalue weighted by molar-refractivity contribution is -0.109. The molecule has 6 nitrogen and oxygen atoms in total. The molecule has 0 N–H and O–H groups in total. The second kappa shape index (κ2) is 8.91. The predicted octanol–water partition coefficient (Wildman–Crippen LogP) is 4.21. The molecule has 0 aliphatic carbocycles. The van der Waals surface area contributed by atoms with E-state index in [1.807, 2.05) is 26.0 Å². The summed E-state index contributed by atoms with van der Waals surface area (Å²) in [6, 6.07) is 9.66. The molecule has 3 aromatic rings. The molecule has 1 amide bonds. The van der Waals surface area contributed by atoms with Gasteiger partial charge in [-0.1, -0.05) is 23.5 Å². The molecule has 150 valence electrons. The van der Waals surface area contributed by atoms with Crippen molar-refractivity contribution in [1.29, 1.82) is 0 Å². The standard InChI is InChI=1S/C21H20FN3O3S/c1-4-25(20(27)16-7-5-6-8-17(16)22)21-24-23-19(29-21)15-11-13(2)18(14(3)12-15)28-10-9-26/h5-9,11-12H,4,10H2,1-3H3. The molecule has 2 aromatic carbocycles. The molecule has 0 aliphatic rings. The average Bonchev–Trinajstić information content (AvgIpc) is 3.18. The first-order valence-corrected chi connectivity index (χ1v) is 9.85. The Morgan fingerprint density at radius 1 is 1.21 bits per heavy atom. The van der Waals surface area contributed by atoms with Crippen LogP contribution in [0.25, 0.3) is 10.6 Å². The third-order valence-corrected chi connectivity index (χ3v) is 5.31. The molecule has 8 heteroatoms. The Morgan fingerprint density at radius 3 is 2.52 bits per heavy atom. The van der Waals surface area contributed by atoms with Gasteiger partial charge in [0.05, 0.1) is 5.56 Å². The third kappa shape index (κ3) is 4.32. The summed E-state index contributed by atoms with van der Waals surface area (Å²) in [4.78, 5) is 24.7. The second-order valence-corrected chi connectivity index (χ2v) is 7.29. The van der Waals surface area contributed by atoms with Gasteiger partial charge in [-0.2, -0.15) is 0 Å². The number of nitrogens with zero attached hydrogens (tertiary/aromatic N) is 3. The molecular formula is C21H20FN3O3S. The molecule has 0 radical (unpaired) electrons. The van der Waals surface area contributed by atoms with Crippen LogP contribution in [0.1, 0.15) is 28.4 Å². The van der Waals surface area contributed by atoms with Gasteiger partial charge in [-0.15, -0.1) is 10.2 Å². The van der Waals surface area contributed by atoms with Gasteiger partial charge < -0.3 is 4.74 Å². The minimum atomic E-state index is -0.571. The van der Waals surface area contributed by atoms with Crippen molar-refractivity contribution < 1.29 is 18.7 Å². The zero-order valence-corrected chi connectivity index (χ0v) is 17.1. The fourth-order valence-corrected chi connectivity index (χ4v) is 3.90. The number of amides is 1. The minimum absolute atomic E-state index is 0.00512. The molecular weight excluding hydrogens is 393 g/mol. The second-order valence-electron chi connectivity index (χ2n) is 6.34. The lowest BCUT2D eigenvalue weighted by Crippen LogP contribution is -2.31. The number of halogens is 1. The monoisotopic (exact) mass is 413 g/mol. The number of ether oxygens (including phenoxy) is 1. The first-order valence-electron chi connectivity index (χ1n) is 9.04. The van der Waals surface area contributed by atoms with Crippen LogP contribution < -0.4 is 9.64 Å². The van der Waals surface area contributed by atoms with E-state index in [0.29, 0.717) is 28.7 Å². The molecule has 29 heavy (non-hydrogen) atoms. The van der Waals surface area contributed by atoms with Crippen molar-refractivity contribution in [1.82, 2.24) is 10.2 Å². The highest BCUT2D eigenvalue weighted by molar-refractivity contribution is 7.18. The summed E-state index contributed by atoms with van der Waals surface area (Å²) in [7, 11) is 0. The van der Waals surface area contributed by atoms with Crippen molar-refractivity contribution in [3.8, 4) is 16.3 Å². The maximum Gasteiger partial charge on any atom is 0.263 e. The third-order valence-electron chi connectivity index (χ3n) is 4.31. The average molecular weight is 413 g/mol. The zero-order valence-electron chi connectivity index (χ0n) is 16.3. The molecule has 3 rings (SSSR count). The molecule has 1 aromatic heterocycles. The van der Waals surface area contributed by atoms with Gasteiger partial charge in [-0.05, 0) is 56.2 Å². The van der Waals surface area contributed by atoms with Gasteiger partial charge in [-0.25, -0.2) is 4.39 Å². The largest absolute Gasteiger partial charge is 0.486 e. The number of aldehydes is 1. The van der Waals surface area contributed by atoms with Crippen LogP contribution in [0.5, 0.6) is 5.75 Å². The van der Waals surface area contributed by atoms with Crippen molar-refractivity contribution in [2.45, 2.75) is 20.8 Å². The number of aromatic nitrogens is 2. The van der Waals surface area contributed by atoms with Crippen molar-refractivity contribution in [3.05, 3.63) is 58.9 Å². The molecule has 0 saturated carbocycles. The summed E-state index contributed by atoms with van der Waals surface area (Å²) in [6.45, 7) is 5.90. The van der Waals surface area contributed by atoms with Crippen LogP contribution in [-0.2, 0) is 4.79 Å². The van der Waals surface area contributed by atoms with Crippen LogP contribution in [0, 0.1) is 19.7 Å². The zero-order chi connectivity index (χ0) is 21.0. The van der Waals surface area contributed by atoms with Gasteiger partial charge >= 0.3 is 0 Å². The van der Waals surface area contributed by atoms with Crippen LogP contribution in [0.2, 0.25) is 0 Å². The quantitative estimate of drug-likeness (QED) is 0.543. The van der Waals surface area contributed by atoms with Gasteiger partial charge in [0.2, 0.25) is 5.13 Å². The fraction of sp³-hybridized carbons (Fsp3) is 0.238. The van der Waals surface area contributed by atoms with E-state index in [1.54, 1.807) is 19.1 Å². The number of carbonyl (C=O) groups is 2. The highest BCUT2D eigenvalue weighted by Crippen LogP contribution is 2.34. The smallest absolute Gasteiger partial charge is 0.263 e. The Balaban J connectivity index is 1.91. The molecule has 0 saturated heterocycles. The number of hydrogen-bond donors (Lipinski definition) is 0. The van der Waals surface area contributed by atoms with Crippen LogP contribution in [0.3, 0.4) is 0 Å². The molecule has 0 spiro atoms. The Bertz CT molecular complexity index is 1030.